The van der Waals surface area contributed by atoms with E-state index in [1.165, 1.54) is 25.7 Å². The lowest BCUT2D eigenvalue weighted by Crippen LogP contribution is -2.47. The standard InChI is InChI=1S/C15H28N2O2/c1-14(2,3)19-13(18)17-8-4-6-15(11-17)7-5-12(9-15)10-16/h12H,4-11,16H2,1-3H3. The lowest BCUT2D eigenvalue weighted by Gasteiger charge is -2.41. The highest BCUT2D eigenvalue weighted by Crippen LogP contribution is 2.47. The minimum Gasteiger partial charge on any atom is -0.444 e. The number of piperidine rings is 1. The van der Waals surface area contributed by atoms with Crippen molar-refractivity contribution in [3.8, 4) is 0 Å². The van der Waals surface area contributed by atoms with E-state index in [-0.39, 0.29) is 6.09 Å². The van der Waals surface area contributed by atoms with E-state index in [1.807, 2.05) is 25.7 Å². The van der Waals surface area contributed by atoms with E-state index >= 15 is 0 Å². The Morgan fingerprint density at radius 2 is 2.16 bits per heavy atom. The molecule has 2 aliphatic rings. The van der Waals surface area contributed by atoms with Gasteiger partial charge >= 0.3 is 6.09 Å². The Labute approximate surface area is 116 Å². The molecule has 2 unspecified atom stereocenters. The largest absolute Gasteiger partial charge is 0.444 e. The van der Waals surface area contributed by atoms with Crippen molar-refractivity contribution in [1.82, 2.24) is 4.90 Å². The second-order valence-electron chi connectivity index (χ2n) is 7.35. The van der Waals surface area contributed by atoms with Crippen LogP contribution >= 0.6 is 0 Å². The molecule has 2 N–H and O–H groups in total. The van der Waals surface area contributed by atoms with Crippen molar-refractivity contribution < 1.29 is 9.53 Å². The van der Waals surface area contributed by atoms with Gasteiger partial charge in [-0.25, -0.2) is 4.79 Å². The lowest BCUT2D eigenvalue weighted by atomic mass is 9.78. The van der Waals surface area contributed by atoms with Gasteiger partial charge in [0.25, 0.3) is 0 Å². The van der Waals surface area contributed by atoms with E-state index in [2.05, 4.69) is 0 Å². The van der Waals surface area contributed by atoms with Crippen LogP contribution in [-0.2, 0) is 4.74 Å². The van der Waals surface area contributed by atoms with Crippen molar-refractivity contribution in [3.05, 3.63) is 0 Å². The minimum absolute atomic E-state index is 0.150. The molecule has 1 aliphatic carbocycles. The molecule has 1 heterocycles. The Balaban J connectivity index is 1.96. The van der Waals surface area contributed by atoms with Crippen LogP contribution in [0.2, 0.25) is 0 Å². The van der Waals surface area contributed by atoms with E-state index in [0.717, 1.165) is 26.1 Å². The number of hydrogen-bond donors (Lipinski definition) is 1. The van der Waals surface area contributed by atoms with E-state index in [1.54, 1.807) is 0 Å². The highest BCUT2D eigenvalue weighted by Gasteiger charge is 2.43. The second kappa shape index (κ2) is 5.31. The smallest absolute Gasteiger partial charge is 0.410 e. The van der Waals surface area contributed by atoms with Crippen molar-refractivity contribution in [2.75, 3.05) is 19.6 Å². The number of rotatable bonds is 1. The molecule has 4 heteroatoms. The van der Waals surface area contributed by atoms with Gasteiger partial charge in [-0.2, -0.15) is 0 Å². The highest BCUT2D eigenvalue weighted by atomic mass is 16.6. The van der Waals surface area contributed by atoms with Gasteiger partial charge < -0.3 is 15.4 Å². The zero-order valence-electron chi connectivity index (χ0n) is 12.6. The first-order valence-corrected chi connectivity index (χ1v) is 7.52. The van der Waals surface area contributed by atoms with Crippen molar-refractivity contribution in [2.24, 2.45) is 17.1 Å². The van der Waals surface area contributed by atoms with Crippen LogP contribution in [0.25, 0.3) is 0 Å². The Morgan fingerprint density at radius 1 is 1.42 bits per heavy atom. The number of ether oxygens (including phenoxy) is 1. The molecule has 110 valence electrons. The fraction of sp³-hybridized carbons (Fsp3) is 0.933. The second-order valence-corrected chi connectivity index (χ2v) is 7.35. The van der Waals surface area contributed by atoms with Crippen LogP contribution < -0.4 is 5.73 Å². The molecule has 0 aromatic rings. The van der Waals surface area contributed by atoms with Crippen molar-refractivity contribution >= 4 is 6.09 Å². The number of nitrogens with zero attached hydrogens (tertiary/aromatic N) is 1. The normalized spacial score (nSPS) is 31.8. The van der Waals surface area contributed by atoms with Gasteiger partial charge in [0.05, 0.1) is 0 Å². The Hall–Kier alpha value is -0.770. The summed E-state index contributed by atoms with van der Waals surface area (Å²) in [5.41, 5.74) is 5.71. The molecule has 0 radical (unpaired) electrons. The summed E-state index contributed by atoms with van der Waals surface area (Å²) in [6, 6.07) is 0. The predicted octanol–water partition coefficient (Wildman–Crippen LogP) is 2.76. The van der Waals surface area contributed by atoms with Crippen LogP contribution in [-0.4, -0.2) is 36.2 Å². The molecular weight excluding hydrogens is 240 g/mol. The molecule has 1 saturated carbocycles. The van der Waals surface area contributed by atoms with Gasteiger partial charge in [-0.05, 0) is 70.8 Å². The number of nitrogens with two attached hydrogens (primary N) is 1. The molecule has 0 aromatic carbocycles. The maximum atomic E-state index is 12.2. The number of carbonyl (C=O) groups excluding carboxylic acids is 1. The van der Waals surface area contributed by atoms with Crippen LogP contribution in [0.5, 0.6) is 0 Å². The number of likely N-dealkylation sites (tertiary alicyclic amines) is 1. The Bertz CT molecular complexity index is 338. The topological polar surface area (TPSA) is 55.6 Å². The zero-order chi connectivity index (χ0) is 14.1. The number of carbonyl (C=O) groups is 1. The SMILES string of the molecule is CC(C)(C)OC(=O)N1CCCC2(CCC(CN)C2)C1. The Kier molecular flexibility index (Phi) is 4.09. The molecule has 1 amide bonds. The lowest BCUT2D eigenvalue weighted by molar-refractivity contribution is 0.00441. The summed E-state index contributed by atoms with van der Waals surface area (Å²) in [6.07, 6.45) is 5.80. The molecule has 0 bridgehead atoms. The first-order chi connectivity index (χ1) is 8.84. The number of amides is 1. The monoisotopic (exact) mass is 268 g/mol. The van der Waals surface area contributed by atoms with Gasteiger partial charge in [-0.1, -0.05) is 0 Å². The number of hydrogen-bond acceptors (Lipinski definition) is 3. The summed E-state index contributed by atoms with van der Waals surface area (Å²) in [5, 5.41) is 0. The van der Waals surface area contributed by atoms with Crippen LogP contribution in [0.1, 0.15) is 52.9 Å². The third kappa shape index (κ3) is 3.62. The molecule has 4 nitrogen and oxygen atoms in total. The fourth-order valence-corrected chi connectivity index (χ4v) is 3.59. The first-order valence-electron chi connectivity index (χ1n) is 7.52. The molecular formula is C15H28N2O2. The first kappa shape index (κ1) is 14.6. The van der Waals surface area contributed by atoms with Gasteiger partial charge in [-0.3, -0.25) is 0 Å². The molecule has 2 fully saturated rings. The molecule has 0 aromatic heterocycles. The summed E-state index contributed by atoms with van der Waals surface area (Å²) in [4.78, 5) is 14.1. The fourth-order valence-electron chi connectivity index (χ4n) is 3.59. The third-order valence-corrected chi connectivity index (χ3v) is 4.45. The van der Waals surface area contributed by atoms with Crippen molar-refractivity contribution in [3.63, 3.8) is 0 Å². The minimum atomic E-state index is -0.406. The van der Waals surface area contributed by atoms with Crippen LogP contribution in [0, 0.1) is 11.3 Å². The maximum absolute atomic E-state index is 12.2. The van der Waals surface area contributed by atoms with E-state index < -0.39 is 5.60 Å². The van der Waals surface area contributed by atoms with Crippen LogP contribution in [0.15, 0.2) is 0 Å². The van der Waals surface area contributed by atoms with Gasteiger partial charge in [0.15, 0.2) is 0 Å². The van der Waals surface area contributed by atoms with Crippen molar-refractivity contribution in [1.29, 1.82) is 0 Å². The van der Waals surface area contributed by atoms with Crippen molar-refractivity contribution in [2.45, 2.75) is 58.5 Å². The molecule has 19 heavy (non-hydrogen) atoms. The molecule has 1 saturated heterocycles. The summed E-state index contributed by atoms with van der Waals surface area (Å²) in [5.74, 6) is 0.651. The van der Waals surface area contributed by atoms with Crippen LogP contribution in [0.4, 0.5) is 4.79 Å². The average Bonchev–Trinajstić information content (AvgIpc) is 2.70. The average molecular weight is 268 g/mol. The van der Waals surface area contributed by atoms with Crippen LogP contribution in [0.3, 0.4) is 0 Å². The predicted molar refractivity (Wildman–Crippen MR) is 75.9 cm³/mol. The summed E-state index contributed by atoms with van der Waals surface area (Å²) in [6.45, 7) is 8.25. The van der Waals surface area contributed by atoms with E-state index in [0.29, 0.717) is 11.3 Å². The molecule has 1 aliphatic heterocycles. The third-order valence-electron chi connectivity index (χ3n) is 4.45. The van der Waals surface area contributed by atoms with Gasteiger partial charge in [0.1, 0.15) is 5.60 Å². The van der Waals surface area contributed by atoms with Gasteiger partial charge in [0, 0.05) is 13.1 Å². The van der Waals surface area contributed by atoms with Gasteiger partial charge in [-0.15, -0.1) is 0 Å². The summed E-state index contributed by atoms with van der Waals surface area (Å²) in [7, 11) is 0. The summed E-state index contributed by atoms with van der Waals surface area (Å²) >= 11 is 0. The van der Waals surface area contributed by atoms with E-state index in [9.17, 15) is 4.79 Å². The maximum Gasteiger partial charge on any atom is 0.410 e. The zero-order valence-corrected chi connectivity index (χ0v) is 12.6. The highest BCUT2D eigenvalue weighted by molar-refractivity contribution is 5.68. The molecule has 2 rings (SSSR count). The van der Waals surface area contributed by atoms with Gasteiger partial charge in [0.2, 0.25) is 0 Å². The molecule has 1 spiro atoms. The Morgan fingerprint density at radius 3 is 2.74 bits per heavy atom. The quantitative estimate of drug-likeness (QED) is 0.795. The van der Waals surface area contributed by atoms with E-state index in [4.69, 9.17) is 10.5 Å². The summed E-state index contributed by atoms with van der Waals surface area (Å²) < 4.78 is 5.50. The molecule has 2 atom stereocenters.